The topological polar surface area (TPSA) is 68.1 Å². The molecule has 0 saturated heterocycles. The van der Waals surface area contributed by atoms with Gasteiger partial charge in [-0.1, -0.05) is 17.3 Å². The molecule has 8 heteroatoms. The van der Waals surface area contributed by atoms with Crippen molar-refractivity contribution < 1.29 is 22.4 Å². The van der Waals surface area contributed by atoms with Gasteiger partial charge in [0, 0.05) is 11.6 Å². The van der Waals surface area contributed by atoms with Gasteiger partial charge < -0.3 is 14.2 Å². The van der Waals surface area contributed by atoms with Crippen molar-refractivity contribution >= 4 is 0 Å². The molecular formula is C18H15F3N2O3. The monoisotopic (exact) mass is 364 g/mol. The predicted molar refractivity (Wildman–Crippen MR) is 87.8 cm³/mol. The van der Waals surface area contributed by atoms with E-state index in [2.05, 4.69) is 5.16 Å². The van der Waals surface area contributed by atoms with E-state index in [4.69, 9.17) is 9.26 Å². The van der Waals surface area contributed by atoms with Crippen molar-refractivity contribution in [3.63, 3.8) is 0 Å². The Morgan fingerprint density at radius 3 is 2.38 bits per heavy atom. The minimum atomic E-state index is -4.66. The minimum absolute atomic E-state index is 0.102. The van der Waals surface area contributed by atoms with Crippen LogP contribution in [0.2, 0.25) is 0 Å². The van der Waals surface area contributed by atoms with Gasteiger partial charge in [0.2, 0.25) is 5.56 Å². The van der Waals surface area contributed by atoms with Crippen LogP contribution in [-0.4, -0.2) is 10.1 Å². The van der Waals surface area contributed by atoms with Crippen LogP contribution in [0.25, 0.3) is 11.1 Å². The fourth-order valence-electron chi connectivity index (χ4n) is 2.53. The van der Waals surface area contributed by atoms with E-state index in [0.29, 0.717) is 17.1 Å². The predicted octanol–water partition coefficient (Wildman–Crippen LogP) is 4.24. The number of ether oxygens (including phenoxy) is 1. The van der Waals surface area contributed by atoms with Gasteiger partial charge in [-0.15, -0.1) is 0 Å². The Hall–Kier alpha value is -3.03. The molecule has 0 aliphatic heterocycles. The molecule has 0 bridgehead atoms. The summed E-state index contributed by atoms with van der Waals surface area (Å²) < 4.78 is 50.1. The fraction of sp³-hybridized carbons (Fsp3) is 0.222. The highest BCUT2D eigenvalue weighted by molar-refractivity contribution is 5.67. The molecule has 0 fully saturated rings. The summed E-state index contributed by atoms with van der Waals surface area (Å²) in [6.45, 7) is 3.82. The van der Waals surface area contributed by atoms with Gasteiger partial charge in [-0.2, -0.15) is 13.2 Å². The van der Waals surface area contributed by atoms with Gasteiger partial charge in [0.25, 0.3) is 0 Å². The molecule has 1 N–H and O–H groups in total. The number of nitrogens with one attached hydrogen (secondary N) is 1. The summed E-state index contributed by atoms with van der Waals surface area (Å²) in [5.41, 5.74) is -0.112. The van der Waals surface area contributed by atoms with Crippen LogP contribution in [-0.2, 0) is 12.8 Å². The van der Waals surface area contributed by atoms with Crippen LogP contribution in [0.3, 0.4) is 0 Å². The lowest BCUT2D eigenvalue weighted by atomic mass is 10.0. The van der Waals surface area contributed by atoms with Gasteiger partial charge in [0.1, 0.15) is 23.8 Å². The van der Waals surface area contributed by atoms with Crippen molar-refractivity contribution in [1.29, 1.82) is 0 Å². The molecule has 2 heterocycles. The Balaban J connectivity index is 1.83. The highest BCUT2D eigenvalue weighted by Gasteiger charge is 2.35. The largest absolute Gasteiger partial charge is 0.489 e. The van der Waals surface area contributed by atoms with Gasteiger partial charge >= 0.3 is 6.18 Å². The number of aromatic amines is 1. The maximum atomic E-state index is 13.1. The Morgan fingerprint density at radius 2 is 1.81 bits per heavy atom. The Morgan fingerprint density at radius 1 is 1.12 bits per heavy atom. The summed E-state index contributed by atoms with van der Waals surface area (Å²) in [5, 5.41) is 3.83. The Kier molecular flexibility index (Phi) is 4.58. The summed E-state index contributed by atoms with van der Waals surface area (Å²) >= 11 is 0. The maximum Gasteiger partial charge on any atom is 0.431 e. The molecule has 3 rings (SSSR count). The molecule has 3 aromatic rings. The highest BCUT2D eigenvalue weighted by atomic mass is 19.4. The Bertz CT molecular complexity index is 953. The normalized spacial score (nSPS) is 11.6. The zero-order chi connectivity index (χ0) is 18.9. The second-order valence-corrected chi connectivity index (χ2v) is 5.72. The first-order valence-corrected chi connectivity index (χ1v) is 7.71. The van der Waals surface area contributed by atoms with Crippen LogP contribution in [0.15, 0.2) is 45.7 Å². The second-order valence-electron chi connectivity index (χ2n) is 5.72. The third kappa shape index (κ3) is 3.63. The Labute approximate surface area is 146 Å². The SMILES string of the molecule is Cc1noc(C)c1COc1ccc(-c2ccc(=O)[nH]c2C(F)(F)F)cc1. The third-order valence-electron chi connectivity index (χ3n) is 3.93. The molecule has 0 spiro atoms. The molecule has 0 radical (unpaired) electrons. The molecule has 0 saturated carbocycles. The van der Waals surface area contributed by atoms with Crippen molar-refractivity contribution in [3.8, 4) is 16.9 Å². The molecule has 5 nitrogen and oxygen atoms in total. The lowest BCUT2D eigenvalue weighted by molar-refractivity contribution is -0.140. The smallest absolute Gasteiger partial charge is 0.431 e. The third-order valence-corrected chi connectivity index (χ3v) is 3.93. The summed E-state index contributed by atoms with van der Waals surface area (Å²) in [7, 11) is 0. The minimum Gasteiger partial charge on any atom is -0.489 e. The lowest BCUT2D eigenvalue weighted by Crippen LogP contribution is -2.17. The molecule has 2 aromatic heterocycles. The van der Waals surface area contributed by atoms with Crippen LogP contribution in [0.4, 0.5) is 13.2 Å². The molecular weight excluding hydrogens is 349 g/mol. The number of hydrogen-bond donors (Lipinski definition) is 1. The van der Waals surface area contributed by atoms with Crippen LogP contribution in [0.1, 0.15) is 22.7 Å². The number of pyridine rings is 1. The van der Waals surface area contributed by atoms with Gasteiger partial charge in [0.05, 0.1) is 11.3 Å². The second kappa shape index (κ2) is 6.70. The number of alkyl halides is 3. The first-order valence-electron chi connectivity index (χ1n) is 7.71. The molecule has 0 unspecified atom stereocenters. The maximum absolute atomic E-state index is 13.1. The summed E-state index contributed by atoms with van der Waals surface area (Å²) in [6, 6.07) is 8.36. The van der Waals surface area contributed by atoms with E-state index < -0.39 is 17.4 Å². The van der Waals surface area contributed by atoms with Crippen molar-refractivity contribution in [2.24, 2.45) is 0 Å². The number of H-pyrrole nitrogens is 1. The number of aryl methyl sites for hydroxylation is 2. The average Bonchev–Trinajstić information content (AvgIpc) is 2.91. The van der Waals surface area contributed by atoms with Gasteiger partial charge in [-0.05, 0) is 37.6 Å². The first kappa shape index (κ1) is 17.8. The zero-order valence-corrected chi connectivity index (χ0v) is 14.0. The highest BCUT2D eigenvalue weighted by Crippen LogP contribution is 2.35. The van der Waals surface area contributed by atoms with E-state index in [1.54, 1.807) is 26.0 Å². The van der Waals surface area contributed by atoms with E-state index in [1.807, 2.05) is 4.98 Å². The summed E-state index contributed by atoms with van der Waals surface area (Å²) in [5.74, 6) is 1.15. The van der Waals surface area contributed by atoms with Crippen LogP contribution < -0.4 is 10.3 Å². The van der Waals surface area contributed by atoms with E-state index >= 15 is 0 Å². The van der Waals surface area contributed by atoms with Crippen molar-refractivity contribution in [2.45, 2.75) is 26.6 Å². The quantitative estimate of drug-likeness (QED) is 0.752. The number of hydrogen-bond acceptors (Lipinski definition) is 4. The zero-order valence-electron chi connectivity index (χ0n) is 14.0. The molecule has 26 heavy (non-hydrogen) atoms. The van der Waals surface area contributed by atoms with Crippen molar-refractivity contribution in [3.05, 3.63) is 69.5 Å². The molecule has 0 amide bonds. The lowest BCUT2D eigenvalue weighted by Gasteiger charge is -2.13. The number of nitrogens with zero attached hydrogens (tertiary/aromatic N) is 1. The average molecular weight is 364 g/mol. The molecule has 0 aliphatic rings. The van der Waals surface area contributed by atoms with Crippen molar-refractivity contribution in [1.82, 2.24) is 10.1 Å². The standard InChI is InChI=1S/C18H15F3N2O3/c1-10-15(11(2)26-23-10)9-25-13-5-3-12(4-6-13)14-7-8-16(24)22-17(14)18(19,20)21/h3-8H,9H2,1-2H3,(H,22,24). The number of benzene rings is 1. The van der Waals surface area contributed by atoms with E-state index in [1.165, 1.54) is 12.1 Å². The summed E-state index contributed by atoms with van der Waals surface area (Å²) in [6.07, 6.45) is -4.66. The molecule has 1 aromatic carbocycles. The van der Waals surface area contributed by atoms with E-state index in [9.17, 15) is 18.0 Å². The van der Waals surface area contributed by atoms with E-state index in [0.717, 1.165) is 23.4 Å². The first-order chi connectivity index (χ1) is 12.3. The molecule has 136 valence electrons. The van der Waals surface area contributed by atoms with Gasteiger partial charge in [-0.3, -0.25) is 4.79 Å². The van der Waals surface area contributed by atoms with Gasteiger partial charge in [0.15, 0.2) is 0 Å². The van der Waals surface area contributed by atoms with Crippen LogP contribution in [0, 0.1) is 13.8 Å². The van der Waals surface area contributed by atoms with Crippen molar-refractivity contribution in [2.75, 3.05) is 0 Å². The number of rotatable bonds is 4. The van der Waals surface area contributed by atoms with Gasteiger partial charge in [-0.25, -0.2) is 0 Å². The van der Waals surface area contributed by atoms with E-state index in [-0.39, 0.29) is 12.2 Å². The van der Waals surface area contributed by atoms with Crippen LogP contribution >= 0.6 is 0 Å². The number of aromatic nitrogens is 2. The fourth-order valence-corrected chi connectivity index (χ4v) is 2.53. The number of halogens is 3. The molecule has 0 aliphatic carbocycles. The van der Waals surface area contributed by atoms with Crippen LogP contribution in [0.5, 0.6) is 5.75 Å². The molecule has 0 atom stereocenters. The summed E-state index contributed by atoms with van der Waals surface area (Å²) in [4.78, 5) is 13.1.